The lowest BCUT2D eigenvalue weighted by Gasteiger charge is -2.34. The van der Waals surface area contributed by atoms with Crippen molar-refractivity contribution < 1.29 is 22.7 Å². The van der Waals surface area contributed by atoms with Crippen molar-refractivity contribution in [3.8, 4) is 5.75 Å². The van der Waals surface area contributed by atoms with Crippen LogP contribution < -0.4 is 10.1 Å². The monoisotopic (exact) mass is 454 g/mol. The number of hydrogen-bond acceptors (Lipinski definition) is 5. The molecule has 2 aliphatic rings. The minimum atomic E-state index is -3.76. The zero-order chi connectivity index (χ0) is 22.3. The van der Waals surface area contributed by atoms with Gasteiger partial charge in [0.1, 0.15) is 5.75 Å². The summed E-state index contributed by atoms with van der Waals surface area (Å²) >= 11 is 0. The molecule has 3 aromatic rings. The molecule has 5 rings (SSSR count). The molecule has 0 bridgehead atoms. The number of fused-ring (bicyclic) bond motifs is 2. The van der Waals surface area contributed by atoms with Gasteiger partial charge in [0.05, 0.1) is 17.0 Å². The third-order valence-corrected chi connectivity index (χ3v) is 7.72. The molecule has 0 unspecified atom stereocenters. The molecule has 2 N–H and O–H groups in total. The second kappa shape index (κ2) is 7.95. The van der Waals surface area contributed by atoms with E-state index in [0.717, 1.165) is 16.5 Å². The average Bonchev–Trinajstić information content (AvgIpc) is 3.21. The lowest BCUT2D eigenvalue weighted by atomic mass is 10.1. The van der Waals surface area contributed by atoms with Crippen LogP contribution in [0.2, 0.25) is 0 Å². The minimum absolute atomic E-state index is 0.0274. The summed E-state index contributed by atoms with van der Waals surface area (Å²) in [6, 6.07) is 12.2. The summed E-state index contributed by atoms with van der Waals surface area (Å²) in [5.74, 6) is 0.0889. The van der Waals surface area contributed by atoms with Gasteiger partial charge in [-0.25, -0.2) is 8.42 Å². The Morgan fingerprint density at radius 3 is 2.66 bits per heavy atom. The van der Waals surface area contributed by atoms with E-state index >= 15 is 0 Å². The van der Waals surface area contributed by atoms with Crippen molar-refractivity contribution in [1.82, 2.24) is 14.2 Å². The van der Waals surface area contributed by atoms with Crippen molar-refractivity contribution in [1.29, 1.82) is 0 Å². The molecule has 0 radical (unpaired) electrons. The third-order valence-electron chi connectivity index (χ3n) is 5.83. The zero-order valence-electron chi connectivity index (χ0n) is 17.2. The van der Waals surface area contributed by atoms with Crippen molar-refractivity contribution in [2.24, 2.45) is 0 Å². The van der Waals surface area contributed by atoms with Gasteiger partial charge < -0.3 is 19.9 Å². The van der Waals surface area contributed by atoms with Crippen LogP contribution in [0.3, 0.4) is 0 Å². The minimum Gasteiger partial charge on any atom is -0.482 e. The van der Waals surface area contributed by atoms with E-state index < -0.39 is 10.0 Å². The van der Waals surface area contributed by atoms with Gasteiger partial charge in [-0.2, -0.15) is 4.31 Å². The number of aromatic nitrogens is 1. The fraction of sp³-hybridized carbons (Fsp3) is 0.273. The van der Waals surface area contributed by atoms with Crippen LogP contribution in [-0.2, 0) is 26.0 Å². The van der Waals surface area contributed by atoms with Crippen LogP contribution in [0, 0.1) is 0 Å². The van der Waals surface area contributed by atoms with Gasteiger partial charge in [0.25, 0.3) is 5.91 Å². The second-order valence-electron chi connectivity index (χ2n) is 7.82. The molecule has 1 saturated heterocycles. The number of sulfonamides is 1. The highest BCUT2D eigenvalue weighted by Gasteiger charge is 2.31. The number of carbonyl (C=O) groups excluding carboxylic acids is 2. The summed E-state index contributed by atoms with van der Waals surface area (Å²) < 4.78 is 32.9. The molecule has 0 atom stereocenters. The van der Waals surface area contributed by atoms with Crippen molar-refractivity contribution >= 4 is 38.4 Å². The molecule has 1 fully saturated rings. The van der Waals surface area contributed by atoms with Crippen molar-refractivity contribution in [2.75, 3.05) is 38.1 Å². The highest BCUT2D eigenvalue weighted by Crippen LogP contribution is 2.31. The summed E-state index contributed by atoms with van der Waals surface area (Å²) in [7, 11) is -3.76. The van der Waals surface area contributed by atoms with Gasteiger partial charge in [-0.3, -0.25) is 9.59 Å². The number of benzene rings is 2. The highest BCUT2D eigenvalue weighted by molar-refractivity contribution is 7.89. The maximum Gasteiger partial charge on any atom is 0.262 e. The smallest absolute Gasteiger partial charge is 0.262 e. The standard InChI is InChI=1S/C22H22N4O5S/c27-21-14-31-20-6-5-16(12-19(20)24-21)32(29,30)26-9-7-25(8-10-26)22(28)11-15-13-23-18-4-2-1-3-17(15)18/h1-6,12-13,23H,7-11,14H2,(H,24,27). The summed E-state index contributed by atoms with van der Waals surface area (Å²) in [6.07, 6.45) is 2.11. The topological polar surface area (TPSA) is 112 Å². The second-order valence-corrected chi connectivity index (χ2v) is 9.75. The average molecular weight is 455 g/mol. The van der Waals surface area contributed by atoms with E-state index in [9.17, 15) is 18.0 Å². The molecule has 9 nitrogen and oxygen atoms in total. The lowest BCUT2D eigenvalue weighted by Crippen LogP contribution is -2.50. The molecule has 166 valence electrons. The number of carbonyl (C=O) groups is 2. The lowest BCUT2D eigenvalue weighted by molar-refractivity contribution is -0.131. The van der Waals surface area contributed by atoms with Gasteiger partial charge in [0.15, 0.2) is 6.61 Å². The van der Waals surface area contributed by atoms with Gasteiger partial charge in [-0.05, 0) is 29.8 Å². The van der Waals surface area contributed by atoms with Crippen LogP contribution in [0.15, 0.2) is 53.6 Å². The van der Waals surface area contributed by atoms with E-state index in [2.05, 4.69) is 10.3 Å². The van der Waals surface area contributed by atoms with Gasteiger partial charge in [-0.15, -0.1) is 0 Å². The van der Waals surface area contributed by atoms with E-state index in [1.165, 1.54) is 16.4 Å². The summed E-state index contributed by atoms with van der Waals surface area (Å²) in [5, 5.41) is 3.65. The van der Waals surface area contributed by atoms with Crippen LogP contribution in [0.4, 0.5) is 5.69 Å². The molecule has 2 aromatic carbocycles. The molecule has 32 heavy (non-hydrogen) atoms. The van der Waals surface area contributed by atoms with Gasteiger partial charge in [-0.1, -0.05) is 18.2 Å². The first kappa shape index (κ1) is 20.5. The number of ether oxygens (including phenoxy) is 1. The Kier molecular flexibility index (Phi) is 5.10. The summed E-state index contributed by atoms with van der Waals surface area (Å²) in [4.78, 5) is 29.3. The van der Waals surface area contributed by atoms with Gasteiger partial charge in [0.2, 0.25) is 15.9 Å². The largest absolute Gasteiger partial charge is 0.482 e. The zero-order valence-corrected chi connectivity index (χ0v) is 18.0. The van der Waals surface area contributed by atoms with Crippen LogP contribution in [0.1, 0.15) is 5.56 Å². The van der Waals surface area contributed by atoms with Gasteiger partial charge >= 0.3 is 0 Å². The molecule has 1 aromatic heterocycles. The molecule has 0 saturated carbocycles. The quantitative estimate of drug-likeness (QED) is 0.622. The van der Waals surface area contributed by atoms with E-state index in [1.807, 2.05) is 30.5 Å². The molecule has 2 amide bonds. The number of nitrogens with one attached hydrogen (secondary N) is 2. The Balaban J connectivity index is 1.25. The van der Waals surface area contributed by atoms with E-state index in [1.54, 1.807) is 11.0 Å². The normalized spacial score (nSPS) is 17.0. The first-order chi connectivity index (χ1) is 15.4. The number of aromatic amines is 1. The van der Waals surface area contributed by atoms with Crippen LogP contribution in [-0.4, -0.2) is 67.2 Å². The molecule has 0 spiro atoms. The summed E-state index contributed by atoms with van der Waals surface area (Å²) in [5.41, 5.74) is 2.26. The first-order valence-corrected chi connectivity index (χ1v) is 11.8. The summed E-state index contributed by atoms with van der Waals surface area (Å²) in [6.45, 7) is 0.980. The number of rotatable bonds is 4. The van der Waals surface area contributed by atoms with E-state index in [0.29, 0.717) is 24.5 Å². The Bertz CT molecular complexity index is 1310. The maximum atomic E-state index is 13.1. The molecule has 2 aliphatic heterocycles. The predicted octanol–water partition coefficient (Wildman–Crippen LogP) is 1.57. The van der Waals surface area contributed by atoms with Crippen molar-refractivity contribution in [3.63, 3.8) is 0 Å². The Morgan fingerprint density at radius 2 is 1.84 bits per heavy atom. The first-order valence-electron chi connectivity index (χ1n) is 10.3. The predicted molar refractivity (Wildman–Crippen MR) is 118 cm³/mol. The number of H-pyrrole nitrogens is 1. The molecule has 0 aliphatic carbocycles. The number of hydrogen-bond donors (Lipinski definition) is 2. The fourth-order valence-electron chi connectivity index (χ4n) is 4.10. The SMILES string of the molecule is O=C1COc2ccc(S(=O)(=O)N3CCN(C(=O)Cc4c[nH]c5ccccc45)CC3)cc2N1. The number of piperazine rings is 1. The van der Waals surface area contributed by atoms with E-state index in [-0.39, 0.29) is 42.8 Å². The molecule has 10 heteroatoms. The number of anilines is 1. The highest BCUT2D eigenvalue weighted by atomic mass is 32.2. The van der Waals surface area contributed by atoms with Crippen LogP contribution in [0.25, 0.3) is 10.9 Å². The van der Waals surface area contributed by atoms with E-state index in [4.69, 9.17) is 4.74 Å². The maximum absolute atomic E-state index is 13.1. The third kappa shape index (κ3) is 3.71. The number of para-hydroxylation sites is 1. The molecular formula is C22H22N4O5S. The Labute approximate surface area is 185 Å². The Hall–Kier alpha value is -3.37. The van der Waals surface area contributed by atoms with Gasteiger partial charge in [0, 0.05) is 43.3 Å². The Morgan fingerprint density at radius 1 is 1.06 bits per heavy atom. The van der Waals surface area contributed by atoms with Crippen LogP contribution in [0.5, 0.6) is 5.75 Å². The van der Waals surface area contributed by atoms with Crippen molar-refractivity contribution in [3.05, 3.63) is 54.2 Å². The molecular weight excluding hydrogens is 432 g/mol. The number of amides is 2. The fourth-order valence-corrected chi connectivity index (χ4v) is 5.55. The van der Waals surface area contributed by atoms with Crippen molar-refractivity contribution in [2.45, 2.75) is 11.3 Å². The van der Waals surface area contributed by atoms with Crippen LogP contribution >= 0.6 is 0 Å². The number of nitrogens with zero attached hydrogens (tertiary/aromatic N) is 2. The molecule has 3 heterocycles.